The normalized spacial score (nSPS) is 11.1. The molecule has 0 saturated carbocycles. The van der Waals surface area contributed by atoms with Crippen molar-refractivity contribution < 1.29 is 27.2 Å². The van der Waals surface area contributed by atoms with Gasteiger partial charge in [-0.25, -0.2) is 13.2 Å². The summed E-state index contributed by atoms with van der Waals surface area (Å²) in [4.78, 5) is 23.1. The molecule has 0 spiro atoms. The van der Waals surface area contributed by atoms with Gasteiger partial charge in [-0.05, 0) is 13.8 Å². The highest BCUT2D eigenvalue weighted by molar-refractivity contribution is 7.92. The molecule has 0 aromatic carbocycles. The maximum absolute atomic E-state index is 11.7. The standard InChI is InChI=1S/C10H14N2O6S/c1-4-17-10(14)6-5(2)18-9(7(6)8(11)13)12-19(3,15)16/h12H,4H2,1-3H3,(H2,11,13). The molecule has 0 saturated heterocycles. The minimum absolute atomic E-state index is 0.0402. The molecule has 1 heterocycles. The van der Waals surface area contributed by atoms with Gasteiger partial charge in [-0.15, -0.1) is 0 Å². The largest absolute Gasteiger partial charge is 0.462 e. The zero-order chi connectivity index (χ0) is 14.8. The smallest absolute Gasteiger partial charge is 0.342 e. The molecule has 0 bridgehead atoms. The quantitative estimate of drug-likeness (QED) is 0.747. The molecule has 8 nitrogen and oxygen atoms in total. The molecule has 0 aliphatic heterocycles. The van der Waals surface area contributed by atoms with Crippen LogP contribution < -0.4 is 10.5 Å². The van der Waals surface area contributed by atoms with E-state index in [1.54, 1.807) is 6.92 Å². The summed E-state index contributed by atoms with van der Waals surface area (Å²) in [6.07, 6.45) is 0.875. The van der Waals surface area contributed by atoms with Crippen molar-refractivity contribution in [2.45, 2.75) is 13.8 Å². The minimum atomic E-state index is -3.68. The number of aryl methyl sites for hydroxylation is 1. The van der Waals surface area contributed by atoms with Crippen LogP contribution in [0.4, 0.5) is 5.88 Å². The monoisotopic (exact) mass is 290 g/mol. The SMILES string of the molecule is CCOC(=O)c1c(C)oc(NS(C)(=O)=O)c1C(N)=O. The number of primary amides is 1. The Morgan fingerprint density at radius 1 is 1.37 bits per heavy atom. The number of anilines is 1. The van der Waals surface area contributed by atoms with Gasteiger partial charge in [0.2, 0.25) is 15.9 Å². The van der Waals surface area contributed by atoms with Gasteiger partial charge in [-0.1, -0.05) is 0 Å². The van der Waals surface area contributed by atoms with Gasteiger partial charge >= 0.3 is 5.97 Å². The maximum atomic E-state index is 11.7. The summed E-state index contributed by atoms with van der Waals surface area (Å²) in [6.45, 7) is 3.08. The fourth-order valence-corrected chi connectivity index (χ4v) is 1.95. The third kappa shape index (κ3) is 3.47. The van der Waals surface area contributed by atoms with Crippen molar-refractivity contribution in [2.24, 2.45) is 5.73 Å². The number of hydrogen-bond donors (Lipinski definition) is 2. The molecule has 1 rings (SSSR count). The Labute approximate surface area is 110 Å². The van der Waals surface area contributed by atoms with Crippen molar-refractivity contribution in [1.29, 1.82) is 0 Å². The van der Waals surface area contributed by atoms with Crippen molar-refractivity contribution in [3.63, 3.8) is 0 Å². The summed E-state index contributed by atoms with van der Waals surface area (Å²) in [7, 11) is -3.68. The molecule has 1 aromatic heterocycles. The van der Waals surface area contributed by atoms with Crippen LogP contribution in [0.2, 0.25) is 0 Å². The number of carbonyl (C=O) groups excluding carboxylic acids is 2. The number of esters is 1. The number of rotatable bonds is 5. The Morgan fingerprint density at radius 2 is 1.95 bits per heavy atom. The first kappa shape index (κ1) is 15.0. The molecule has 0 aliphatic carbocycles. The lowest BCUT2D eigenvalue weighted by Crippen LogP contribution is -2.19. The summed E-state index contributed by atoms with van der Waals surface area (Å²) < 4.78 is 34.1. The first-order chi connectivity index (χ1) is 8.67. The molecule has 1 aromatic rings. The van der Waals surface area contributed by atoms with Crippen molar-refractivity contribution in [2.75, 3.05) is 17.6 Å². The van der Waals surface area contributed by atoms with Gasteiger partial charge < -0.3 is 14.9 Å². The molecule has 0 unspecified atom stereocenters. The summed E-state index contributed by atoms with van der Waals surface area (Å²) in [5.74, 6) is -2.15. The second-order valence-electron chi connectivity index (χ2n) is 3.70. The molecule has 0 fully saturated rings. The molecule has 1 amide bonds. The van der Waals surface area contributed by atoms with Gasteiger partial charge in [0.05, 0.1) is 12.9 Å². The molecular weight excluding hydrogens is 276 g/mol. The average Bonchev–Trinajstić information content (AvgIpc) is 2.52. The van der Waals surface area contributed by atoms with Crippen LogP contribution in [0.5, 0.6) is 0 Å². The highest BCUT2D eigenvalue weighted by atomic mass is 32.2. The molecule has 0 radical (unpaired) electrons. The third-order valence-electron chi connectivity index (χ3n) is 2.09. The molecular formula is C10H14N2O6S. The van der Waals surface area contributed by atoms with Gasteiger partial charge in [-0.2, -0.15) is 0 Å². The average molecular weight is 290 g/mol. The fraction of sp³-hybridized carbons (Fsp3) is 0.400. The number of amides is 1. The van der Waals surface area contributed by atoms with E-state index in [1.807, 2.05) is 4.72 Å². The number of hydrogen-bond acceptors (Lipinski definition) is 6. The van der Waals surface area contributed by atoms with E-state index < -0.39 is 27.8 Å². The van der Waals surface area contributed by atoms with Crippen LogP contribution in [0.3, 0.4) is 0 Å². The van der Waals surface area contributed by atoms with Crippen molar-refractivity contribution in [1.82, 2.24) is 0 Å². The Hall–Kier alpha value is -2.03. The highest BCUT2D eigenvalue weighted by Gasteiger charge is 2.29. The Balaban J connectivity index is 3.40. The van der Waals surface area contributed by atoms with Crippen LogP contribution in [-0.4, -0.2) is 33.2 Å². The molecule has 0 atom stereocenters. The molecule has 19 heavy (non-hydrogen) atoms. The lowest BCUT2D eigenvalue weighted by molar-refractivity contribution is 0.0521. The van der Waals surface area contributed by atoms with E-state index in [-0.39, 0.29) is 23.5 Å². The van der Waals surface area contributed by atoms with Crippen molar-refractivity contribution in [3.05, 3.63) is 16.9 Å². The van der Waals surface area contributed by atoms with E-state index in [1.165, 1.54) is 6.92 Å². The Bertz CT molecular complexity index is 616. The second kappa shape index (κ2) is 5.31. The Kier molecular flexibility index (Phi) is 4.20. The first-order valence-corrected chi connectivity index (χ1v) is 7.14. The predicted octanol–water partition coefficient (Wildman–Crippen LogP) is 0.235. The molecule has 106 valence electrons. The molecule has 9 heteroatoms. The summed E-state index contributed by atoms with van der Waals surface area (Å²) in [5, 5.41) is 0. The zero-order valence-electron chi connectivity index (χ0n) is 10.6. The summed E-state index contributed by atoms with van der Waals surface area (Å²) >= 11 is 0. The van der Waals surface area contributed by atoms with Gasteiger partial charge in [0.1, 0.15) is 16.9 Å². The number of furan rings is 1. The van der Waals surface area contributed by atoms with Crippen LogP contribution in [-0.2, 0) is 14.8 Å². The van der Waals surface area contributed by atoms with E-state index in [9.17, 15) is 18.0 Å². The zero-order valence-corrected chi connectivity index (χ0v) is 11.5. The highest BCUT2D eigenvalue weighted by Crippen LogP contribution is 2.28. The minimum Gasteiger partial charge on any atom is -0.462 e. The van der Waals surface area contributed by atoms with E-state index in [0.29, 0.717) is 0 Å². The number of sulfonamides is 1. The van der Waals surface area contributed by atoms with Gasteiger partial charge in [-0.3, -0.25) is 9.52 Å². The maximum Gasteiger partial charge on any atom is 0.342 e. The number of nitrogens with two attached hydrogens (primary N) is 1. The van der Waals surface area contributed by atoms with Crippen LogP contribution in [0.25, 0.3) is 0 Å². The summed E-state index contributed by atoms with van der Waals surface area (Å²) in [5.41, 5.74) is 4.61. The predicted molar refractivity (Wildman–Crippen MR) is 66.4 cm³/mol. The second-order valence-corrected chi connectivity index (χ2v) is 5.44. The van der Waals surface area contributed by atoms with Crippen LogP contribution >= 0.6 is 0 Å². The Morgan fingerprint density at radius 3 is 2.37 bits per heavy atom. The lowest BCUT2D eigenvalue weighted by atomic mass is 10.1. The number of ether oxygens (including phenoxy) is 1. The van der Waals surface area contributed by atoms with Crippen LogP contribution in [0.1, 0.15) is 33.4 Å². The van der Waals surface area contributed by atoms with Crippen LogP contribution in [0.15, 0.2) is 4.42 Å². The van der Waals surface area contributed by atoms with Gasteiger partial charge in [0.15, 0.2) is 0 Å². The fourth-order valence-electron chi connectivity index (χ4n) is 1.47. The number of nitrogens with one attached hydrogen (secondary N) is 1. The van der Waals surface area contributed by atoms with E-state index in [4.69, 9.17) is 14.9 Å². The van der Waals surface area contributed by atoms with Crippen molar-refractivity contribution >= 4 is 27.8 Å². The molecule has 0 aliphatic rings. The van der Waals surface area contributed by atoms with E-state index in [0.717, 1.165) is 6.26 Å². The molecule has 3 N–H and O–H groups in total. The van der Waals surface area contributed by atoms with E-state index >= 15 is 0 Å². The topological polar surface area (TPSA) is 129 Å². The number of carbonyl (C=O) groups is 2. The summed E-state index contributed by atoms with van der Waals surface area (Å²) in [6, 6.07) is 0. The van der Waals surface area contributed by atoms with Gasteiger partial charge in [0.25, 0.3) is 5.91 Å². The van der Waals surface area contributed by atoms with Crippen molar-refractivity contribution in [3.8, 4) is 0 Å². The van der Waals surface area contributed by atoms with Gasteiger partial charge in [0, 0.05) is 0 Å². The third-order valence-corrected chi connectivity index (χ3v) is 2.64. The van der Waals surface area contributed by atoms with E-state index in [2.05, 4.69) is 0 Å². The lowest BCUT2D eigenvalue weighted by Gasteiger charge is -2.03. The first-order valence-electron chi connectivity index (χ1n) is 5.25. The van der Waals surface area contributed by atoms with Crippen LogP contribution in [0, 0.1) is 6.92 Å².